The summed E-state index contributed by atoms with van der Waals surface area (Å²) in [5.41, 5.74) is 0.855. The van der Waals surface area contributed by atoms with Gasteiger partial charge in [-0.05, 0) is 26.0 Å². The van der Waals surface area contributed by atoms with E-state index in [1.165, 1.54) is 17.0 Å². The normalized spacial score (nSPS) is 10.9. The Morgan fingerprint density at radius 3 is 2.48 bits per heavy atom. The summed E-state index contributed by atoms with van der Waals surface area (Å²) in [6.45, 7) is 3.82. The van der Waals surface area contributed by atoms with Crippen LogP contribution in [0.25, 0.3) is 11.4 Å². The molecule has 3 aromatic rings. The molecule has 6 heteroatoms. The lowest BCUT2D eigenvalue weighted by Gasteiger charge is -2.25. The van der Waals surface area contributed by atoms with Gasteiger partial charge in [0.2, 0.25) is 11.7 Å². The monoisotopic (exact) mass is 339 g/mol. The second-order valence-electron chi connectivity index (χ2n) is 5.88. The summed E-state index contributed by atoms with van der Waals surface area (Å²) in [4.78, 5) is 18.5. The van der Waals surface area contributed by atoms with Crippen LogP contribution < -0.4 is 0 Å². The van der Waals surface area contributed by atoms with Gasteiger partial charge < -0.3 is 9.42 Å². The third-order valence-corrected chi connectivity index (χ3v) is 3.79. The summed E-state index contributed by atoms with van der Waals surface area (Å²) >= 11 is 0. The fraction of sp³-hybridized carbons (Fsp3) is 0.211. The highest BCUT2D eigenvalue weighted by Gasteiger charge is 2.24. The fourth-order valence-corrected chi connectivity index (χ4v) is 2.45. The number of rotatable bonds is 5. The summed E-state index contributed by atoms with van der Waals surface area (Å²) in [5, 5.41) is 3.95. The molecule has 0 aliphatic carbocycles. The molecule has 25 heavy (non-hydrogen) atoms. The first-order chi connectivity index (χ1) is 12.1. The molecule has 0 bridgehead atoms. The molecule has 0 unspecified atom stereocenters. The van der Waals surface area contributed by atoms with Gasteiger partial charge in [0.25, 0.3) is 5.91 Å². The minimum atomic E-state index is -0.548. The van der Waals surface area contributed by atoms with E-state index in [9.17, 15) is 9.18 Å². The number of halogens is 1. The Kier molecular flexibility index (Phi) is 4.88. The van der Waals surface area contributed by atoms with Gasteiger partial charge in [-0.15, -0.1) is 0 Å². The van der Waals surface area contributed by atoms with Crippen molar-refractivity contribution >= 4 is 5.91 Å². The molecule has 5 nitrogen and oxygen atoms in total. The zero-order valence-corrected chi connectivity index (χ0v) is 14.0. The van der Waals surface area contributed by atoms with Crippen LogP contribution in [0.1, 0.15) is 30.1 Å². The molecule has 0 atom stereocenters. The number of amides is 1. The van der Waals surface area contributed by atoms with Crippen molar-refractivity contribution in [2.24, 2.45) is 0 Å². The van der Waals surface area contributed by atoms with Crippen molar-refractivity contribution in [1.82, 2.24) is 15.0 Å². The van der Waals surface area contributed by atoms with Crippen LogP contribution in [0.2, 0.25) is 0 Å². The zero-order valence-electron chi connectivity index (χ0n) is 14.0. The van der Waals surface area contributed by atoms with Gasteiger partial charge in [0, 0.05) is 11.6 Å². The Bertz CT molecular complexity index is 862. The quantitative estimate of drug-likeness (QED) is 0.707. The molecule has 2 aromatic carbocycles. The number of hydrogen-bond donors (Lipinski definition) is 0. The smallest absolute Gasteiger partial charge is 0.257 e. The fourth-order valence-electron chi connectivity index (χ4n) is 2.45. The average molecular weight is 339 g/mol. The van der Waals surface area contributed by atoms with Crippen LogP contribution in [0.5, 0.6) is 0 Å². The Balaban J connectivity index is 1.82. The van der Waals surface area contributed by atoms with Crippen molar-refractivity contribution < 1.29 is 13.7 Å². The lowest BCUT2D eigenvalue weighted by molar-refractivity contribution is 0.0662. The summed E-state index contributed by atoms with van der Waals surface area (Å²) < 4.78 is 19.2. The van der Waals surface area contributed by atoms with Crippen LogP contribution >= 0.6 is 0 Å². The molecule has 0 saturated carbocycles. The van der Waals surface area contributed by atoms with Crippen LogP contribution in [-0.4, -0.2) is 27.0 Å². The minimum Gasteiger partial charge on any atom is -0.337 e. The molecular formula is C19H18FN3O2. The van der Waals surface area contributed by atoms with E-state index in [0.29, 0.717) is 11.7 Å². The van der Waals surface area contributed by atoms with Crippen LogP contribution in [0.3, 0.4) is 0 Å². The third kappa shape index (κ3) is 3.74. The van der Waals surface area contributed by atoms with Crippen molar-refractivity contribution in [3.63, 3.8) is 0 Å². The Labute approximate surface area is 145 Å². The number of benzene rings is 2. The van der Waals surface area contributed by atoms with Crippen LogP contribution in [-0.2, 0) is 6.54 Å². The Morgan fingerprint density at radius 1 is 1.12 bits per heavy atom. The summed E-state index contributed by atoms with van der Waals surface area (Å²) in [6.07, 6.45) is 0. The van der Waals surface area contributed by atoms with E-state index in [1.54, 1.807) is 12.1 Å². The maximum absolute atomic E-state index is 13.9. The molecule has 0 aliphatic heterocycles. The van der Waals surface area contributed by atoms with E-state index in [4.69, 9.17) is 4.52 Å². The highest BCUT2D eigenvalue weighted by atomic mass is 19.1. The molecule has 1 heterocycles. The highest BCUT2D eigenvalue weighted by Crippen LogP contribution is 2.18. The number of carbonyl (C=O) groups is 1. The first kappa shape index (κ1) is 16.8. The molecule has 0 aliphatic rings. The van der Waals surface area contributed by atoms with Crippen molar-refractivity contribution in [3.05, 3.63) is 71.9 Å². The van der Waals surface area contributed by atoms with E-state index in [1.807, 2.05) is 44.2 Å². The molecule has 0 saturated heterocycles. The van der Waals surface area contributed by atoms with Crippen LogP contribution in [0, 0.1) is 5.82 Å². The average Bonchev–Trinajstić information content (AvgIpc) is 3.09. The summed E-state index contributed by atoms with van der Waals surface area (Å²) in [7, 11) is 0. The molecule has 0 N–H and O–H groups in total. The van der Waals surface area contributed by atoms with Gasteiger partial charge in [0.05, 0.1) is 5.56 Å². The van der Waals surface area contributed by atoms with Gasteiger partial charge in [0.15, 0.2) is 0 Å². The Hall–Kier alpha value is -3.02. The molecule has 128 valence electrons. The van der Waals surface area contributed by atoms with Crippen LogP contribution in [0.15, 0.2) is 59.1 Å². The number of nitrogens with zero attached hydrogens (tertiary/aromatic N) is 3. The van der Waals surface area contributed by atoms with Gasteiger partial charge in [-0.3, -0.25) is 4.79 Å². The largest absolute Gasteiger partial charge is 0.337 e. The lowest BCUT2D eigenvalue weighted by Crippen LogP contribution is -2.37. The maximum atomic E-state index is 13.9. The molecule has 1 amide bonds. The van der Waals surface area contributed by atoms with Crippen molar-refractivity contribution in [3.8, 4) is 11.4 Å². The molecule has 1 aromatic heterocycles. The number of aromatic nitrogens is 2. The lowest BCUT2D eigenvalue weighted by atomic mass is 10.1. The van der Waals surface area contributed by atoms with Gasteiger partial charge >= 0.3 is 0 Å². The Morgan fingerprint density at radius 2 is 1.80 bits per heavy atom. The van der Waals surface area contributed by atoms with Crippen molar-refractivity contribution in [2.45, 2.75) is 26.4 Å². The van der Waals surface area contributed by atoms with E-state index in [2.05, 4.69) is 10.1 Å². The second-order valence-corrected chi connectivity index (χ2v) is 5.88. The van der Waals surface area contributed by atoms with Gasteiger partial charge in [-0.2, -0.15) is 4.98 Å². The molecule has 0 spiro atoms. The van der Waals surface area contributed by atoms with E-state index < -0.39 is 11.7 Å². The van der Waals surface area contributed by atoms with E-state index in [-0.39, 0.29) is 18.2 Å². The highest BCUT2D eigenvalue weighted by molar-refractivity contribution is 5.94. The summed E-state index contributed by atoms with van der Waals surface area (Å²) in [5.74, 6) is -0.198. The predicted molar refractivity (Wildman–Crippen MR) is 91.1 cm³/mol. The van der Waals surface area contributed by atoms with E-state index >= 15 is 0 Å². The minimum absolute atomic E-state index is 0.0269. The van der Waals surface area contributed by atoms with Crippen molar-refractivity contribution in [2.75, 3.05) is 0 Å². The number of hydrogen-bond acceptors (Lipinski definition) is 4. The zero-order chi connectivity index (χ0) is 17.8. The molecular weight excluding hydrogens is 321 g/mol. The van der Waals surface area contributed by atoms with Crippen molar-refractivity contribution in [1.29, 1.82) is 0 Å². The standard InChI is InChI=1S/C19H18FN3O2/c1-13(2)23(19(24)15-10-6-7-11-16(15)20)12-17-21-18(22-25-17)14-8-4-3-5-9-14/h3-11,13H,12H2,1-2H3. The summed E-state index contributed by atoms with van der Waals surface area (Å²) in [6, 6.07) is 15.2. The second kappa shape index (κ2) is 7.25. The third-order valence-electron chi connectivity index (χ3n) is 3.79. The molecule has 0 fully saturated rings. The first-order valence-corrected chi connectivity index (χ1v) is 7.99. The van der Waals surface area contributed by atoms with Crippen LogP contribution in [0.4, 0.5) is 4.39 Å². The maximum Gasteiger partial charge on any atom is 0.257 e. The first-order valence-electron chi connectivity index (χ1n) is 7.99. The number of carbonyl (C=O) groups excluding carboxylic acids is 1. The van der Waals surface area contributed by atoms with Gasteiger partial charge in [-0.1, -0.05) is 47.6 Å². The molecule has 0 radical (unpaired) electrons. The molecule has 3 rings (SSSR count). The predicted octanol–water partition coefficient (Wildman–Crippen LogP) is 3.93. The van der Waals surface area contributed by atoms with Gasteiger partial charge in [-0.25, -0.2) is 4.39 Å². The van der Waals surface area contributed by atoms with E-state index in [0.717, 1.165) is 5.56 Å². The van der Waals surface area contributed by atoms with Gasteiger partial charge in [0.1, 0.15) is 12.4 Å². The SMILES string of the molecule is CC(C)N(Cc1nc(-c2ccccc2)no1)C(=O)c1ccccc1F. The topological polar surface area (TPSA) is 59.2 Å².